The Morgan fingerprint density at radius 1 is 1.18 bits per heavy atom. The van der Waals surface area contributed by atoms with E-state index < -0.39 is 0 Å². The van der Waals surface area contributed by atoms with E-state index in [1.807, 2.05) is 12.1 Å². The number of para-hydroxylation sites is 1. The Morgan fingerprint density at radius 2 is 2.00 bits per heavy atom. The van der Waals surface area contributed by atoms with Gasteiger partial charge in [0, 0.05) is 23.9 Å². The summed E-state index contributed by atoms with van der Waals surface area (Å²) in [6.07, 6.45) is 2.42. The molecule has 6 nitrogen and oxygen atoms in total. The average molecular weight is 301 g/mol. The standard InChI is InChI=1S/C16H19N3O3/c20-13-4-9-19(15(21)18-13)12-3-1-2-11-14(12)22-10-16(11)5-7-17-8-6-16/h1-3,17H,4-10H2,(H,18,20,21). The number of carbonyl (C=O) groups is 2. The monoisotopic (exact) mass is 301 g/mol. The van der Waals surface area contributed by atoms with E-state index in [9.17, 15) is 9.59 Å². The Hall–Kier alpha value is -2.08. The zero-order chi connectivity index (χ0) is 15.2. The maximum atomic E-state index is 12.1. The summed E-state index contributed by atoms with van der Waals surface area (Å²) in [5, 5.41) is 5.76. The first-order chi connectivity index (χ1) is 10.7. The summed E-state index contributed by atoms with van der Waals surface area (Å²) < 4.78 is 6.02. The summed E-state index contributed by atoms with van der Waals surface area (Å²) in [7, 11) is 0. The molecule has 0 unspecified atom stereocenters. The van der Waals surface area contributed by atoms with Crippen LogP contribution in [0.15, 0.2) is 18.2 Å². The third-order valence-electron chi connectivity index (χ3n) is 4.96. The predicted octanol–water partition coefficient (Wildman–Crippen LogP) is 1.15. The van der Waals surface area contributed by atoms with Crippen molar-refractivity contribution in [2.75, 3.05) is 31.1 Å². The van der Waals surface area contributed by atoms with E-state index in [4.69, 9.17) is 4.74 Å². The zero-order valence-corrected chi connectivity index (χ0v) is 12.4. The summed E-state index contributed by atoms with van der Waals surface area (Å²) in [4.78, 5) is 25.0. The van der Waals surface area contributed by atoms with Crippen molar-refractivity contribution < 1.29 is 14.3 Å². The Morgan fingerprint density at radius 3 is 2.77 bits per heavy atom. The Kier molecular flexibility index (Phi) is 3.07. The van der Waals surface area contributed by atoms with Gasteiger partial charge in [-0.15, -0.1) is 0 Å². The minimum absolute atomic E-state index is 0.0681. The number of hydrogen-bond acceptors (Lipinski definition) is 4. The highest BCUT2D eigenvalue weighted by Gasteiger charge is 2.43. The molecule has 6 heteroatoms. The first-order valence-electron chi connectivity index (χ1n) is 7.78. The smallest absolute Gasteiger partial charge is 0.328 e. The molecule has 3 aliphatic rings. The summed E-state index contributed by atoms with van der Waals surface area (Å²) >= 11 is 0. The van der Waals surface area contributed by atoms with Crippen molar-refractivity contribution in [1.82, 2.24) is 10.6 Å². The van der Waals surface area contributed by atoms with E-state index in [1.54, 1.807) is 4.90 Å². The van der Waals surface area contributed by atoms with Gasteiger partial charge in [0.25, 0.3) is 0 Å². The van der Waals surface area contributed by atoms with Crippen LogP contribution >= 0.6 is 0 Å². The summed E-state index contributed by atoms with van der Waals surface area (Å²) in [6, 6.07) is 5.63. The number of anilines is 1. The Labute approximate surface area is 128 Å². The van der Waals surface area contributed by atoms with Crippen molar-refractivity contribution >= 4 is 17.6 Å². The van der Waals surface area contributed by atoms with Crippen LogP contribution in [0, 0.1) is 0 Å². The number of nitrogens with zero attached hydrogens (tertiary/aromatic N) is 1. The van der Waals surface area contributed by atoms with E-state index in [-0.39, 0.29) is 17.4 Å². The number of hydrogen-bond donors (Lipinski definition) is 2. The number of carbonyl (C=O) groups excluding carboxylic acids is 2. The van der Waals surface area contributed by atoms with Gasteiger partial charge in [-0.05, 0) is 32.0 Å². The van der Waals surface area contributed by atoms with Crippen LogP contribution in [-0.4, -0.2) is 38.2 Å². The number of nitrogens with one attached hydrogen (secondary N) is 2. The van der Waals surface area contributed by atoms with E-state index in [0.29, 0.717) is 19.6 Å². The lowest BCUT2D eigenvalue weighted by Crippen LogP contribution is -2.49. The van der Waals surface area contributed by atoms with Gasteiger partial charge in [-0.2, -0.15) is 0 Å². The highest BCUT2D eigenvalue weighted by Crippen LogP contribution is 2.48. The van der Waals surface area contributed by atoms with E-state index in [2.05, 4.69) is 16.7 Å². The lowest BCUT2D eigenvalue weighted by molar-refractivity contribution is -0.120. The second-order valence-corrected chi connectivity index (χ2v) is 6.23. The number of benzene rings is 1. The highest BCUT2D eigenvalue weighted by molar-refractivity contribution is 6.06. The van der Waals surface area contributed by atoms with Crippen LogP contribution in [0.4, 0.5) is 10.5 Å². The van der Waals surface area contributed by atoms with Crippen LogP contribution in [0.3, 0.4) is 0 Å². The normalized spacial score (nSPS) is 23.2. The topological polar surface area (TPSA) is 70.7 Å². The molecule has 3 amide bonds. The molecule has 22 heavy (non-hydrogen) atoms. The Balaban J connectivity index is 1.72. The van der Waals surface area contributed by atoms with Crippen LogP contribution in [0.25, 0.3) is 0 Å². The van der Waals surface area contributed by atoms with Gasteiger partial charge in [-0.1, -0.05) is 12.1 Å². The molecule has 116 valence electrons. The minimum atomic E-state index is -0.362. The molecule has 0 atom stereocenters. The average Bonchev–Trinajstić information content (AvgIpc) is 2.87. The molecule has 0 aromatic heterocycles. The molecule has 0 saturated carbocycles. The van der Waals surface area contributed by atoms with Crippen molar-refractivity contribution in [3.05, 3.63) is 23.8 Å². The lowest BCUT2D eigenvalue weighted by atomic mass is 9.75. The third kappa shape index (κ3) is 1.98. The fraction of sp³-hybridized carbons (Fsp3) is 0.500. The number of imide groups is 1. The lowest BCUT2D eigenvalue weighted by Gasteiger charge is -2.33. The van der Waals surface area contributed by atoms with Gasteiger partial charge in [-0.3, -0.25) is 15.0 Å². The van der Waals surface area contributed by atoms with Crippen LogP contribution in [-0.2, 0) is 10.2 Å². The molecule has 1 spiro atoms. The molecular formula is C16H19N3O3. The first-order valence-corrected chi connectivity index (χ1v) is 7.78. The number of rotatable bonds is 1. The zero-order valence-electron chi connectivity index (χ0n) is 12.4. The van der Waals surface area contributed by atoms with Crippen molar-refractivity contribution in [3.63, 3.8) is 0 Å². The van der Waals surface area contributed by atoms with Crippen LogP contribution in [0.2, 0.25) is 0 Å². The summed E-state index contributed by atoms with van der Waals surface area (Å²) in [5.41, 5.74) is 2.05. The molecule has 1 aromatic carbocycles. The van der Waals surface area contributed by atoms with Crippen molar-refractivity contribution in [2.45, 2.75) is 24.7 Å². The minimum Gasteiger partial charge on any atom is -0.490 e. The molecule has 2 saturated heterocycles. The molecule has 2 N–H and O–H groups in total. The van der Waals surface area contributed by atoms with Crippen molar-refractivity contribution in [2.24, 2.45) is 0 Å². The number of ether oxygens (including phenoxy) is 1. The highest BCUT2D eigenvalue weighted by atomic mass is 16.5. The molecule has 4 rings (SSSR count). The summed E-state index contributed by atoms with van der Waals surface area (Å²) in [6.45, 7) is 3.06. The largest absolute Gasteiger partial charge is 0.490 e. The molecule has 0 aliphatic carbocycles. The van der Waals surface area contributed by atoms with Crippen LogP contribution in [0.5, 0.6) is 5.75 Å². The maximum absolute atomic E-state index is 12.1. The Bertz CT molecular complexity index is 638. The number of urea groups is 1. The molecule has 2 fully saturated rings. The number of amides is 3. The number of fused-ring (bicyclic) bond motifs is 2. The van der Waals surface area contributed by atoms with Gasteiger partial charge in [0.15, 0.2) is 0 Å². The van der Waals surface area contributed by atoms with Gasteiger partial charge in [-0.25, -0.2) is 4.79 Å². The quantitative estimate of drug-likeness (QED) is 0.816. The van der Waals surface area contributed by atoms with E-state index in [1.165, 1.54) is 5.56 Å². The van der Waals surface area contributed by atoms with E-state index in [0.717, 1.165) is 37.4 Å². The van der Waals surface area contributed by atoms with Crippen molar-refractivity contribution in [3.8, 4) is 5.75 Å². The van der Waals surface area contributed by atoms with Gasteiger partial charge >= 0.3 is 6.03 Å². The van der Waals surface area contributed by atoms with Crippen LogP contribution in [0.1, 0.15) is 24.8 Å². The predicted molar refractivity (Wildman–Crippen MR) is 81.2 cm³/mol. The second kappa shape index (κ2) is 4.98. The number of piperidine rings is 1. The SMILES string of the molecule is O=C1CCN(c2cccc3c2OCC32CCNCC2)C(=O)N1. The molecule has 3 aliphatic heterocycles. The second-order valence-electron chi connectivity index (χ2n) is 6.23. The van der Waals surface area contributed by atoms with Gasteiger partial charge in [0.2, 0.25) is 5.91 Å². The molecule has 0 bridgehead atoms. The fourth-order valence-electron chi connectivity index (χ4n) is 3.71. The van der Waals surface area contributed by atoms with Crippen molar-refractivity contribution in [1.29, 1.82) is 0 Å². The maximum Gasteiger partial charge on any atom is 0.328 e. The van der Waals surface area contributed by atoms with Crippen LogP contribution < -0.4 is 20.3 Å². The molecule has 0 radical (unpaired) electrons. The van der Waals surface area contributed by atoms with Gasteiger partial charge in [0.05, 0.1) is 12.3 Å². The molecule has 1 aromatic rings. The molecule has 3 heterocycles. The summed E-state index contributed by atoms with van der Waals surface area (Å²) in [5.74, 6) is 0.596. The first kappa shape index (κ1) is 13.6. The third-order valence-corrected chi connectivity index (χ3v) is 4.96. The fourth-order valence-corrected chi connectivity index (χ4v) is 3.71. The molecular weight excluding hydrogens is 282 g/mol. The van der Waals surface area contributed by atoms with Gasteiger partial charge in [0.1, 0.15) is 5.75 Å². The van der Waals surface area contributed by atoms with Gasteiger partial charge < -0.3 is 10.1 Å². The van der Waals surface area contributed by atoms with E-state index >= 15 is 0 Å².